The predicted octanol–water partition coefficient (Wildman–Crippen LogP) is 2.20. The molecule has 0 saturated heterocycles. The summed E-state index contributed by atoms with van der Waals surface area (Å²) in [5.74, 6) is 0.0753. The molecule has 1 N–H and O–H groups in total. The summed E-state index contributed by atoms with van der Waals surface area (Å²) < 4.78 is 0. The highest BCUT2D eigenvalue weighted by Crippen LogP contribution is 1.95. The number of nitrogens with one attached hydrogen (secondary N) is 1. The van der Waals surface area contributed by atoms with Crippen LogP contribution < -0.4 is 5.32 Å². The molecule has 0 fully saturated rings. The van der Waals surface area contributed by atoms with Gasteiger partial charge in [-0.15, -0.1) is 0 Å². The van der Waals surface area contributed by atoms with Gasteiger partial charge in [0.1, 0.15) is 0 Å². The van der Waals surface area contributed by atoms with Crippen molar-refractivity contribution >= 4 is 5.91 Å². The quantitative estimate of drug-likeness (QED) is 0.644. The minimum atomic E-state index is 0.0753. The number of carbonyl (C=O) groups excluding carboxylic acids is 1. The summed E-state index contributed by atoms with van der Waals surface area (Å²) in [5, 5.41) is 2.80. The smallest absolute Gasteiger partial charge is 0.219 e. The number of hydrogen-bond donors (Lipinski definition) is 1. The van der Waals surface area contributed by atoms with Gasteiger partial charge in [0.15, 0.2) is 0 Å². The van der Waals surface area contributed by atoms with Gasteiger partial charge in [0, 0.05) is 13.0 Å². The Bertz CT molecular complexity index is 226. The van der Waals surface area contributed by atoms with Crippen molar-refractivity contribution in [1.82, 2.24) is 5.32 Å². The van der Waals surface area contributed by atoms with Crippen LogP contribution in [0.4, 0.5) is 0 Å². The first-order valence-corrected chi connectivity index (χ1v) is 4.45. The lowest BCUT2D eigenvalue weighted by molar-refractivity contribution is -0.120. The van der Waals surface area contributed by atoms with E-state index in [-0.39, 0.29) is 5.91 Å². The highest BCUT2D eigenvalue weighted by Gasteiger charge is 1.95. The van der Waals surface area contributed by atoms with Crippen LogP contribution >= 0.6 is 0 Å². The molecule has 0 spiro atoms. The Morgan fingerprint density at radius 2 is 2.23 bits per heavy atom. The van der Waals surface area contributed by atoms with Crippen molar-refractivity contribution in [3.8, 4) is 0 Å². The van der Waals surface area contributed by atoms with E-state index in [4.69, 9.17) is 0 Å². The summed E-state index contributed by atoms with van der Waals surface area (Å²) in [6.07, 6.45) is 8.00. The third-order valence-electron chi connectivity index (χ3n) is 1.63. The van der Waals surface area contributed by atoms with Gasteiger partial charge in [0.05, 0.1) is 0 Å². The molecule has 0 aromatic carbocycles. The zero-order valence-corrected chi connectivity index (χ0v) is 8.34. The maximum Gasteiger partial charge on any atom is 0.219 e. The van der Waals surface area contributed by atoms with E-state index in [1.165, 1.54) is 0 Å². The molecular weight excluding hydrogens is 162 g/mol. The molecule has 13 heavy (non-hydrogen) atoms. The van der Waals surface area contributed by atoms with Gasteiger partial charge in [-0.05, 0) is 12.5 Å². The van der Waals surface area contributed by atoms with E-state index in [0.29, 0.717) is 13.0 Å². The van der Waals surface area contributed by atoms with Crippen LogP contribution in [0, 0.1) is 0 Å². The van der Waals surface area contributed by atoms with Gasteiger partial charge in [0.2, 0.25) is 5.91 Å². The van der Waals surface area contributed by atoms with Crippen molar-refractivity contribution in [2.45, 2.75) is 20.3 Å². The molecule has 0 saturated carbocycles. The van der Waals surface area contributed by atoms with Gasteiger partial charge < -0.3 is 5.32 Å². The molecule has 1 amide bonds. The fourth-order valence-electron chi connectivity index (χ4n) is 0.774. The van der Waals surface area contributed by atoms with Crippen LogP contribution in [0.5, 0.6) is 0 Å². The number of allylic oxidation sites excluding steroid dienone is 3. The molecule has 2 nitrogen and oxygen atoms in total. The molecule has 0 heterocycles. The van der Waals surface area contributed by atoms with Crippen LogP contribution in [0.25, 0.3) is 0 Å². The molecule has 0 bridgehead atoms. The first kappa shape index (κ1) is 11.7. The summed E-state index contributed by atoms with van der Waals surface area (Å²) in [7, 11) is 0. The van der Waals surface area contributed by atoms with Gasteiger partial charge in [-0.25, -0.2) is 0 Å². The normalized spacial score (nSPS) is 11.7. The minimum Gasteiger partial charge on any atom is -0.352 e. The summed E-state index contributed by atoms with van der Waals surface area (Å²) >= 11 is 0. The number of carbonyl (C=O) groups is 1. The average Bonchev–Trinajstić information content (AvgIpc) is 2.17. The minimum absolute atomic E-state index is 0.0753. The lowest BCUT2D eigenvalue weighted by Gasteiger charge is -2.03. The second kappa shape index (κ2) is 7.35. The molecule has 0 aliphatic carbocycles. The fraction of sp³-hybridized carbons (Fsp3) is 0.364. The van der Waals surface area contributed by atoms with Gasteiger partial charge in [-0.3, -0.25) is 4.79 Å². The first-order valence-electron chi connectivity index (χ1n) is 4.45. The molecule has 2 heteroatoms. The Balaban J connectivity index is 3.94. The summed E-state index contributed by atoms with van der Waals surface area (Å²) in [4.78, 5) is 10.9. The molecule has 0 unspecified atom stereocenters. The number of amides is 1. The van der Waals surface area contributed by atoms with E-state index in [1.807, 2.05) is 32.1 Å². The summed E-state index contributed by atoms with van der Waals surface area (Å²) in [6.45, 7) is 7.95. The largest absolute Gasteiger partial charge is 0.352 e. The second-order valence-corrected chi connectivity index (χ2v) is 2.59. The van der Waals surface area contributed by atoms with Crippen molar-refractivity contribution in [2.75, 3.05) is 6.54 Å². The van der Waals surface area contributed by atoms with Crippen LogP contribution in [-0.2, 0) is 4.79 Å². The van der Waals surface area contributed by atoms with Crippen LogP contribution in [0.1, 0.15) is 20.3 Å². The zero-order chi connectivity index (χ0) is 10.1. The lowest BCUT2D eigenvalue weighted by Crippen LogP contribution is -2.23. The van der Waals surface area contributed by atoms with Crippen LogP contribution in [0.3, 0.4) is 0 Å². The van der Waals surface area contributed by atoms with Gasteiger partial charge >= 0.3 is 0 Å². The standard InChI is InChI=1S/C11H17NO/c1-4-7-8-10(5-2)9-12-11(13)6-3/h4-5,7-8H,1,6,9H2,2-3H3,(H,12,13)/b8-7-,10-5+. The van der Waals surface area contributed by atoms with Crippen molar-refractivity contribution in [3.63, 3.8) is 0 Å². The fourth-order valence-corrected chi connectivity index (χ4v) is 0.774. The van der Waals surface area contributed by atoms with E-state index >= 15 is 0 Å². The molecule has 0 aliphatic heterocycles. The molecular formula is C11H17NO. The molecule has 72 valence electrons. The van der Waals surface area contributed by atoms with E-state index in [0.717, 1.165) is 5.57 Å². The topological polar surface area (TPSA) is 29.1 Å². The summed E-state index contributed by atoms with van der Waals surface area (Å²) in [6, 6.07) is 0. The molecule has 0 aromatic heterocycles. The van der Waals surface area contributed by atoms with Gasteiger partial charge in [0.25, 0.3) is 0 Å². The monoisotopic (exact) mass is 179 g/mol. The van der Waals surface area contributed by atoms with Crippen LogP contribution in [-0.4, -0.2) is 12.5 Å². The third-order valence-corrected chi connectivity index (χ3v) is 1.63. The molecule has 0 radical (unpaired) electrons. The Labute approximate surface area is 80.0 Å². The highest BCUT2D eigenvalue weighted by atomic mass is 16.1. The molecule has 0 aromatic rings. The molecule has 0 aliphatic rings. The van der Waals surface area contributed by atoms with Crippen molar-refractivity contribution in [2.24, 2.45) is 0 Å². The number of hydrogen-bond acceptors (Lipinski definition) is 1. The van der Waals surface area contributed by atoms with Crippen LogP contribution in [0.2, 0.25) is 0 Å². The van der Waals surface area contributed by atoms with Crippen molar-refractivity contribution < 1.29 is 4.79 Å². The first-order chi connectivity index (χ1) is 6.24. The number of rotatable bonds is 5. The molecule has 0 rings (SSSR count). The SMILES string of the molecule is C=C/C=C\C(=C/C)CNC(=O)CC. The second-order valence-electron chi connectivity index (χ2n) is 2.59. The van der Waals surface area contributed by atoms with Gasteiger partial charge in [-0.1, -0.05) is 37.8 Å². The Morgan fingerprint density at radius 1 is 1.54 bits per heavy atom. The van der Waals surface area contributed by atoms with E-state index in [2.05, 4.69) is 11.9 Å². The summed E-state index contributed by atoms with van der Waals surface area (Å²) in [5.41, 5.74) is 1.08. The predicted molar refractivity (Wildman–Crippen MR) is 56.4 cm³/mol. The Kier molecular flexibility index (Phi) is 6.60. The molecule has 0 atom stereocenters. The van der Waals surface area contributed by atoms with Crippen molar-refractivity contribution in [1.29, 1.82) is 0 Å². The van der Waals surface area contributed by atoms with Gasteiger partial charge in [-0.2, -0.15) is 0 Å². The average molecular weight is 179 g/mol. The lowest BCUT2D eigenvalue weighted by atomic mass is 10.2. The van der Waals surface area contributed by atoms with Crippen LogP contribution in [0.15, 0.2) is 36.5 Å². The van der Waals surface area contributed by atoms with E-state index in [1.54, 1.807) is 6.08 Å². The maximum absolute atomic E-state index is 10.9. The Morgan fingerprint density at radius 3 is 2.69 bits per heavy atom. The maximum atomic E-state index is 10.9. The highest BCUT2D eigenvalue weighted by molar-refractivity contribution is 5.75. The third kappa shape index (κ3) is 5.91. The zero-order valence-electron chi connectivity index (χ0n) is 8.34. The van der Waals surface area contributed by atoms with E-state index < -0.39 is 0 Å². The van der Waals surface area contributed by atoms with E-state index in [9.17, 15) is 4.79 Å². The van der Waals surface area contributed by atoms with Crippen molar-refractivity contribution in [3.05, 3.63) is 36.5 Å². The Hall–Kier alpha value is -1.31.